The van der Waals surface area contributed by atoms with Crippen LogP contribution in [0.1, 0.15) is 23.3 Å². The summed E-state index contributed by atoms with van der Waals surface area (Å²) in [6, 6.07) is 3.37. The first kappa shape index (κ1) is 10.9. The van der Waals surface area contributed by atoms with Crippen LogP contribution in [0.25, 0.3) is 0 Å². The molecule has 2 rings (SSSR count). The highest BCUT2D eigenvalue weighted by molar-refractivity contribution is 5.86. The third-order valence-corrected chi connectivity index (χ3v) is 2.79. The van der Waals surface area contributed by atoms with Gasteiger partial charge in [-0.15, -0.1) is 0 Å². The predicted molar refractivity (Wildman–Crippen MR) is 58.7 cm³/mol. The van der Waals surface area contributed by atoms with Gasteiger partial charge in [0.05, 0.1) is 6.10 Å². The molecule has 0 atom stereocenters. The molecule has 5 heteroatoms. The number of rotatable bonds is 2. The molecular formula is C11H14N2O3. The molecule has 0 spiro atoms. The molecule has 1 aliphatic rings. The summed E-state index contributed by atoms with van der Waals surface area (Å²) in [7, 11) is 0. The lowest BCUT2D eigenvalue weighted by atomic mass is 10.1. The Hall–Kier alpha value is -1.62. The van der Waals surface area contributed by atoms with Crippen molar-refractivity contribution in [2.24, 2.45) is 0 Å². The molecule has 0 aromatic carbocycles. The third kappa shape index (κ3) is 2.30. The molecule has 1 fully saturated rings. The molecule has 0 radical (unpaired) electrons. The summed E-state index contributed by atoms with van der Waals surface area (Å²) in [5, 5.41) is 18.2. The number of aromatic nitrogens is 1. The van der Waals surface area contributed by atoms with Crippen LogP contribution in [0, 0.1) is 0 Å². The quantitative estimate of drug-likeness (QED) is 0.772. The van der Waals surface area contributed by atoms with Gasteiger partial charge in [-0.1, -0.05) is 0 Å². The number of piperidine rings is 1. The van der Waals surface area contributed by atoms with Crippen LogP contribution in [0.4, 0.5) is 5.69 Å². The monoisotopic (exact) mass is 222 g/mol. The molecule has 0 saturated carbocycles. The molecule has 0 aliphatic carbocycles. The summed E-state index contributed by atoms with van der Waals surface area (Å²) in [6.45, 7) is 1.51. The molecule has 0 bridgehead atoms. The highest BCUT2D eigenvalue weighted by atomic mass is 16.4. The normalized spacial score (nSPS) is 17.4. The van der Waals surface area contributed by atoms with Gasteiger partial charge < -0.3 is 15.1 Å². The number of carboxylic acid groups (broad SMARTS) is 1. The number of aliphatic hydroxyl groups excluding tert-OH is 1. The lowest BCUT2D eigenvalue weighted by Crippen LogP contribution is -2.35. The zero-order valence-electron chi connectivity index (χ0n) is 8.83. The third-order valence-electron chi connectivity index (χ3n) is 2.79. The molecule has 1 saturated heterocycles. The highest BCUT2D eigenvalue weighted by Gasteiger charge is 2.18. The number of pyridine rings is 1. The van der Waals surface area contributed by atoms with Crippen LogP contribution in [0.3, 0.4) is 0 Å². The first-order valence-electron chi connectivity index (χ1n) is 5.29. The van der Waals surface area contributed by atoms with Gasteiger partial charge in [-0.2, -0.15) is 0 Å². The number of carbonyl (C=O) groups is 1. The van der Waals surface area contributed by atoms with Crippen LogP contribution in [-0.4, -0.2) is 40.4 Å². The maximum Gasteiger partial charge on any atom is 0.354 e. The van der Waals surface area contributed by atoms with Gasteiger partial charge in [-0.3, -0.25) is 0 Å². The second-order valence-electron chi connectivity index (χ2n) is 3.92. The van der Waals surface area contributed by atoms with Crippen molar-refractivity contribution in [3.63, 3.8) is 0 Å². The van der Waals surface area contributed by atoms with Crippen molar-refractivity contribution in [3.8, 4) is 0 Å². The van der Waals surface area contributed by atoms with E-state index >= 15 is 0 Å². The van der Waals surface area contributed by atoms with E-state index in [9.17, 15) is 9.90 Å². The minimum atomic E-state index is -1.01. The molecule has 2 N–H and O–H groups in total. The van der Waals surface area contributed by atoms with Crippen molar-refractivity contribution < 1.29 is 15.0 Å². The van der Waals surface area contributed by atoms with E-state index in [0.29, 0.717) is 0 Å². The Morgan fingerprint density at radius 3 is 2.75 bits per heavy atom. The van der Waals surface area contributed by atoms with Gasteiger partial charge in [0.2, 0.25) is 0 Å². The van der Waals surface area contributed by atoms with E-state index in [2.05, 4.69) is 9.88 Å². The lowest BCUT2D eigenvalue weighted by molar-refractivity contribution is 0.0690. The van der Waals surface area contributed by atoms with Crippen molar-refractivity contribution >= 4 is 11.7 Å². The molecule has 1 aromatic rings. The van der Waals surface area contributed by atoms with E-state index in [-0.39, 0.29) is 11.8 Å². The zero-order valence-corrected chi connectivity index (χ0v) is 8.83. The molecule has 0 unspecified atom stereocenters. The van der Waals surface area contributed by atoms with E-state index in [1.807, 2.05) is 0 Å². The van der Waals surface area contributed by atoms with E-state index in [0.717, 1.165) is 31.6 Å². The Bertz CT molecular complexity index is 387. The van der Waals surface area contributed by atoms with Crippen LogP contribution >= 0.6 is 0 Å². The molecular weight excluding hydrogens is 208 g/mol. The van der Waals surface area contributed by atoms with Gasteiger partial charge in [-0.05, 0) is 25.0 Å². The Kier molecular flexibility index (Phi) is 3.05. The Labute approximate surface area is 93.3 Å². The summed E-state index contributed by atoms with van der Waals surface area (Å²) < 4.78 is 0. The van der Waals surface area contributed by atoms with Crippen molar-refractivity contribution in [2.45, 2.75) is 18.9 Å². The van der Waals surface area contributed by atoms with E-state index in [1.54, 1.807) is 12.1 Å². The van der Waals surface area contributed by atoms with Crippen molar-refractivity contribution in [1.82, 2.24) is 4.98 Å². The number of aliphatic hydroxyl groups is 1. The minimum Gasteiger partial charge on any atom is -0.477 e. The average Bonchev–Trinajstić information content (AvgIpc) is 2.30. The number of hydrogen-bond acceptors (Lipinski definition) is 4. The van der Waals surface area contributed by atoms with Gasteiger partial charge in [0.15, 0.2) is 0 Å². The summed E-state index contributed by atoms with van der Waals surface area (Å²) in [5.74, 6) is -1.01. The van der Waals surface area contributed by atoms with Crippen molar-refractivity contribution in [3.05, 3.63) is 24.0 Å². The standard InChI is InChI=1S/C11H14N2O3/c14-9-2-5-13(6-3-9)8-1-4-12-10(7-8)11(15)16/h1,4,7,9,14H,2-3,5-6H2,(H,15,16). The molecule has 5 nitrogen and oxygen atoms in total. The maximum absolute atomic E-state index is 10.8. The first-order chi connectivity index (χ1) is 7.66. The second-order valence-corrected chi connectivity index (χ2v) is 3.92. The Morgan fingerprint density at radius 2 is 2.12 bits per heavy atom. The molecule has 2 heterocycles. The van der Waals surface area contributed by atoms with Gasteiger partial charge in [0.25, 0.3) is 0 Å². The average molecular weight is 222 g/mol. The largest absolute Gasteiger partial charge is 0.477 e. The first-order valence-corrected chi connectivity index (χ1v) is 5.29. The Morgan fingerprint density at radius 1 is 1.44 bits per heavy atom. The summed E-state index contributed by atoms with van der Waals surface area (Å²) in [5.41, 5.74) is 0.919. The van der Waals surface area contributed by atoms with Crippen LogP contribution in [0.5, 0.6) is 0 Å². The van der Waals surface area contributed by atoms with E-state index in [1.165, 1.54) is 6.20 Å². The number of anilines is 1. The Balaban J connectivity index is 2.14. The lowest BCUT2D eigenvalue weighted by Gasteiger charge is -2.31. The van der Waals surface area contributed by atoms with Crippen LogP contribution in [0.2, 0.25) is 0 Å². The SMILES string of the molecule is O=C(O)c1cc(N2CCC(O)CC2)ccn1. The van der Waals surface area contributed by atoms with Crippen molar-refractivity contribution in [2.75, 3.05) is 18.0 Å². The van der Waals surface area contributed by atoms with Gasteiger partial charge >= 0.3 is 5.97 Å². The highest BCUT2D eigenvalue weighted by Crippen LogP contribution is 2.20. The fourth-order valence-electron chi connectivity index (χ4n) is 1.86. The summed E-state index contributed by atoms with van der Waals surface area (Å²) in [6.07, 6.45) is 2.73. The molecule has 1 aromatic heterocycles. The van der Waals surface area contributed by atoms with E-state index < -0.39 is 5.97 Å². The van der Waals surface area contributed by atoms with Gasteiger partial charge in [-0.25, -0.2) is 9.78 Å². The smallest absolute Gasteiger partial charge is 0.354 e. The fourth-order valence-corrected chi connectivity index (χ4v) is 1.86. The topological polar surface area (TPSA) is 73.7 Å². The fraction of sp³-hybridized carbons (Fsp3) is 0.455. The minimum absolute atomic E-state index is 0.0589. The number of hydrogen-bond donors (Lipinski definition) is 2. The molecule has 1 aliphatic heterocycles. The maximum atomic E-state index is 10.8. The number of aromatic carboxylic acids is 1. The van der Waals surface area contributed by atoms with Crippen LogP contribution in [-0.2, 0) is 0 Å². The van der Waals surface area contributed by atoms with E-state index in [4.69, 9.17) is 5.11 Å². The van der Waals surface area contributed by atoms with Crippen LogP contribution < -0.4 is 4.90 Å². The molecule has 0 amide bonds. The van der Waals surface area contributed by atoms with Gasteiger partial charge in [0, 0.05) is 25.0 Å². The number of nitrogens with zero attached hydrogens (tertiary/aromatic N) is 2. The summed E-state index contributed by atoms with van der Waals surface area (Å²) >= 11 is 0. The predicted octanol–water partition coefficient (Wildman–Crippen LogP) is 0.741. The van der Waals surface area contributed by atoms with Crippen LogP contribution in [0.15, 0.2) is 18.3 Å². The summed E-state index contributed by atoms with van der Waals surface area (Å²) in [4.78, 5) is 16.6. The molecule has 86 valence electrons. The second kappa shape index (κ2) is 4.49. The van der Waals surface area contributed by atoms with Crippen molar-refractivity contribution in [1.29, 1.82) is 0 Å². The molecule has 16 heavy (non-hydrogen) atoms. The number of carboxylic acids is 1. The zero-order chi connectivity index (χ0) is 11.5. The van der Waals surface area contributed by atoms with Gasteiger partial charge in [0.1, 0.15) is 5.69 Å².